The first-order chi connectivity index (χ1) is 9.19. The lowest BCUT2D eigenvalue weighted by molar-refractivity contribution is 0.174. The molecule has 0 unspecified atom stereocenters. The van der Waals surface area contributed by atoms with E-state index in [2.05, 4.69) is 9.97 Å². The van der Waals surface area contributed by atoms with E-state index in [0.717, 1.165) is 17.7 Å². The van der Waals surface area contributed by atoms with Crippen molar-refractivity contribution in [3.63, 3.8) is 0 Å². The van der Waals surface area contributed by atoms with Crippen molar-refractivity contribution in [2.24, 2.45) is 0 Å². The Kier molecular flexibility index (Phi) is 2.74. The number of benzene rings is 1. The highest BCUT2D eigenvalue weighted by Crippen LogP contribution is 2.34. The summed E-state index contributed by atoms with van der Waals surface area (Å²) in [6, 6.07) is 5.51. The van der Waals surface area contributed by atoms with Gasteiger partial charge in [-0.1, -0.05) is 6.92 Å². The molecule has 0 saturated heterocycles. The van der Waals surface area contributed by atoms with Gasteiger partial charge in [-0.3, -0.25) is 4.79 Å². The summed E-state index contributed by atoms with van der Waals surface area (Å²) in [7, 11) is 0. The third-order valence-corrected chi connectivity index (χ3v) is 3.23. The number of ether oxygens (including phenoxy) is 2. The van der Waals surface area contributed by atoms with Crippen LogP contribution >= 0.6 is 0 Å². The molecule has 1 aromatic carbocycles. The fourth-order valence-corrected chi connectivity index (χ4v) is 2.10. The van der Waals surface area contributed by atoms with E-state index in [-0.39, 0.29) is 12.4 Å². The van der Waals surface area contributed by atoms with Crippen LogP contribution in [0.1, 0.15) is 18.2 Å². The van der Waals surface area contributed by atoms with Crippen molar-refractivity contribution in [3.8, 4) is 22.9 Å². The molecule has 19 heavy (non-hydrogen) atoms. The van der Waals surface area contributed by atoms with Crippen LogP contribution in [0.5, 0.6) is 11.5 Å². The predicted octanol–water partition coefficient (Wildman–Crippen LogP) is 2.04. The second kappa shape index (κ2) is 4.42. The number of hydrogen-bond acceptors (Lipinski definition) is 4. The molecule has 1 N–H and O–H groups in total. The molecular formula is C14H14N2O3. The Morgan fingerprint density at radius 3 is 2.89 bits per heavy atom. The van der Waals surface area contributed by atoms with E-state index in [1.54, 1.807) is 6.92 Å². The quantitative estimate of drug-likeness (QED) is 0.895. The molecule has 1 aliphatic rings. The summed E-state index contributed by atoms with van der Waals surface area (Å²) in [4.78, 5) is 19.2. The minimum absolute atomic E-state index is 0.0977. The highest BCUT2D eigenvalue weighted by atomic mass is 16.7. The maximum atomic E-state index is 11.9. The van der Waals surface area contributed by atoms with Crippen molar-refractivity contribution >= 4 is 0 Å². The van der Waals surface area contributed by atoms with Gasteiger partial charge in [0.2, 0.25) is 6.79 Å². The van der Waals surface area contributed by atoms with Crippen molar-refractivity contribution in [1.82, 2.24) is 9.97 Å². The molecule has 1 aromatic heterocycles. The van der Waals surface area contributed by atoms with Crippen LogP contribution in [-0.4, -0.2) is 16.8 Å². The number of H-pyrrole nitrogens is 1. The van der Waals surface area contributed by atoms with Crippen LogP contribution in [0, 0.1) is 6.92 Å². The average Bonchev–Trinajstić information content (AvgIpc) is 2.89. The molecule has 0 aliphatic carbocycles. The fourth-order valence-electron chi connectivity index (χ4n) is 2.10. The van der Waals surface area contributed by atoms with Gasteiger partial charge in [0.25, 0.3) is 5.56 Å². The molecule has 3 rings (SSSR count). The SMILES string of the molecule is CCc1nc(-c2ccc3c(c2)OCO3)[nH]c(=O)c1C. The van der Waals surface area contributed by atoms with Crippen molar-refractivity contribution in [2.75, 3.05) is 6.79 Å². The van der Waals surface area contributed by atoms with Gasteiger partial charge in [0, 0.05) is 11.1 Å². The van der Waals surface area contributed by atoms with E-state index in [4.69, 9.17) is 9.47 Å². The van der Waals surface area contributed by atoms with E-state index >= 15 is 0 Å². The number of fused-ring (bicyclic) bond motifs is 1. The van der Waals surface area contributed by atoms with Gasteiger partial charge in [0.15, 0.2) is 11.5 Å². The molecule has 2 heterocycles. The minimum atomic E-state index is -0.0977. The van der Waals surface area contributed by atoms with Gasteiger partial charge in [-0.25, -0.2) is 4.98 Å². The second-order valence-corrected chi connectivity index (χ2v) is 4.41. The van der Waals surface area contributed by atoms with Gasteiger partial charge < -0.3 is 14.5 Å². The van der Waals surface area contributed by atoms with Gasteiger partial charge >= 0.3 is 0 Å². The van der Waals surface area contributed by atoms with Crippen LogP contribution in [0.4, 0.5) is 0 Å². The van der Waals surface area contributed by atoms with E-state index in [1.807, 2.05) is 25.1 Å². The number of aromatic amines is 1. The maximum absolute atomic E-state index is 11.9. The zero-order chi connectivity index (χ0) is 13.4. The van der Waals surface area contributed by atoms with Gasteiger partial charge in [0.05, 0.1) is 5.69 Å². The molecule has 0 amide bonds. The molecule has 5 heteroatoms. The Bertz CT molecular complexity index is 692. The number of hydrogen-bond donors (Lipinski definition) is 1. The van der Waals surface area contributed by atoms with Gasteiger partial charge in [-0.2, -0.15) is 0 Å². The van der Waals surface area contributed by atoms with Crippen LogP contribution in [-0.2, 0) is 6.42 Å². The summed E-state index contributed by atoms with van der Waals surface area (Å²) < 4.78 is 10.6. The number of nitrogens with one attached hydrogen (secondary N) is 1. The summed E-state index contributed by atoms with van der Waals surface area (Å²) in [6.07, 6.45) is 0.729. The average molecular weight is 258 g/mol. The first-order valence-electron chi connectivity index (χ1n) is 6.19. The van der Waals surface area contributed by atoms with Crippen molar-refractivity contribution in [2.45, 2.75) is 20.3 Å². The third-order valence-electron chi connectivity index (χ3n) is 3.23. The lowest BCUT2D eigenvalue weighted by atomic mass is 10.1. The van der Waals surface area contributed by atoms with Crippen molar-refractivity contribution in [3.05, 3.63) is 39.8 Å². The monoisotopic (exact) mass is 258 g/mol. The minimum Gasteiger partial charge on any atom is -0.454 e. The van der Waals surface area contributed by atoms with Crippen molar-refractivity contribution in [1.29, 1.82) is 0 Å². The molecule has 0 fully saturated rings. The zero-order valence-electron chi connectivity index (χ0n) is 10.8. The molecule has 5 nitrogen and oxygen atoms in total. The fraction of sp³-hybridized carbons (Fsp3) is 0.286. The molecule has 98 valence electrons. The molecule has 1 aliphatic heterocycles. The van der Waals surface area contributed by atoms with Crippen LogP contribution in [0.15, 0.2) is 23.0 Å². The van der Waals surface area contributed by atoms with Crippen LogP contribution in [0.2, 0.25) is 0 Å². The van der Waals surface area contributed by atoms with E-state index < -0.39 is 0 Å². The normalized spacial score (nSPS) is 12.7. The standard InChI is InChI=1S/C14H14N2O3/c1-3-10-8(2)14(17)16-13(15-10)9-4-5-11-12(6-9)19-7-18-11/h4-6H,3,7H2,1-2H3,(H,15,16,17). The summed E-state index contributed by atoms with van der Waals surface area (Å²) in [6.45, 7) is 4.00. The number of aromatic nitrogens is 2. The van der Waals surface area contributed by atoms with E-state index in [0.29, 0.717) is 22.9 Å². The molecule has 0 spiro atoms. The smallest absolute Gasteiger partial charge is 0.254 e. The highest BCUT2D eigenvalue weighted by molar-refractivity contribution is 5.61. The lowest BCUT2D eigenvalue weighted by Crippen LogP contribution is -2.15. The summed E-state index contributed by atoms with van der Waals surface area (Å²) >= 11 is 0. The second-order valence-electron chi connectivity index (χ2n) is 4.41. The Labute approximate surface area is 110 Å². The number of aryl methyl sites for hydroxylation is 1. The van der Waals surface area contributed by atoms with Crippen LogP contribution < -0.4 is 15.0 Å². The summed E-state index contributed by atoms with van der Waals surface area (Å²) in [5.41, 5.74) is 2.21. The molecule has 0 radical (unpaired) electrons. The van der Waals surface area contributed by atoms with Gasteiger partial charge in [-0.05, 0) is 31.5 Å². The molecule has 0 atom stereocenters. The van der Waals surface area contributed by atoms with Crippen molar-refractivity contribution < 1.29 is 9.47 Å². The highest BCUT2D eigenvalue weighted by Gasteiger charge is 2.15. The molecular weight excluding hydrogens is 244 g/mol. The maximum Gasteiger partial charge on any atom is 0.254 e. The first kappa shape index (κ1) is 11.8. The van der Waals surface area contributed by atoms with Gasteiger partial charge in [0.1, 0.15) is 5.82 Å². The number of rotatable bonds is 2. The van der Waals surface area contributed by atoms with Crippen LogP contribution in [0.25, 0.3) is 11.4 Å². The van der Waals surface area contributed by atoms with E-state index in [1.165, 1.54) is 0 Å². The topological polar surface area (TPSA) is 64.2 Å². The summed E-state index contributed by atoms with van der Waals surface area (Å²) in [5, 5.41) is 0. The summed E-state index contributed by atoms with van der Waals surface area (Å²) in [5.74, 6) is 1.96. The third kappa shape index (κ3) is 1.97. The Hall–Kier alpha value is -2.30. The number of nitrogens with zero attached hydrogens (tertiary/aromatic N) is 1. The van der Waals surface area contributed by atoms with E-state index in [9.17, 15) is 4.79 Å². The first-order valence-corrected chi connectivity index (χ1v) is 6.19. The molecule has 0 bridgehead atoms. The Morgan fingerprint density at radius 1 is 1.32 bits per heavy atom. The van der Waals surface area contributed by atoms with Crippen LogP contribution in [0.3, 0.4) is 0 Å². The largest absolute Gasteiger partial charge is 0.454 e. The Balaban J connectivity index is 2.12. The molecule has 2 aromatic rings. The molecule has 0 saturated carbocycles. The zero-order valence-corrected chi connectivity index (χ0v) is 10.8. The predicted molar refractivity (Wildman–Crippen MR) is 70.5 cm³/mol. The Morgan fingerprint density at radius 2 is 2.11 bits per heavy atom. The van der Waals surface area contributed by atoms with Gasteiger partial charge in [-0.15, -0.1) is 0 Å². The lowest BCUT2D eigenvalue weighted by Gasteiger charge is -2.06.